The first-order valence-corrected chi connectivity index (χ1v) is 22.1. The molecule has 1 nitrogen and oxygen atoms in total. The predicted molar refractivity (Wildman–Crippen MR) is 236 cm³/mol. The number of benzene rings is 6. The first kappa shape index (κ1) is 34.7. The van der Waals surface area contributed by atoms with Crippen LogP contribution in [0.4, 0.5) is 17.1 Å². The van der Waals surface area contributed by atoms with Crippen LogP contribution in [0.15, 0.2) is 149 Å². The predicted octanol–water partition coefficient (Wildman–Crippen LogP) is 15.0. The van der Waals surface area contributed by atoms with E-state index in [1.807, 2.05) is 11.8 Å². The van der Waals surface area contributed by atoms with Crippen molar-refractivity contribution in [1.82, 2.24) is 0 Å². The lowest BCUT2D eigenvalue weighted by atomic mass is 9.42. The highest BCUT2D eigenvalue weighted by atomic mass is 32.2. The van der Waals surface area contributed by atoms with Gasteiger partial charge < -0.3 is 4.90 Å². The zero-order valence-corrected chi connectivity index (χ0v) is 34.2. The van der Waals surface area contributed by atoms with E-state index in [1.165, 1.54) is 105 Å². The van der Waals surface area contributed by atoms with Gasteiger partial charge in [0.15, 0.2) is 0 Å². The van der Waals surface area contributed by atoms with Crippen molar-refractivity contribution in [1.29, 1.82) is 0 Å². The normalized spacial score (nSPS) is 26.0. The first-order chi connectivity index (χ1) is 27.2. The van der Waals surface area contributed by atoms with E-state index in [1.54, 1.807) is 11.1 Å². The molecule has 0 amide bonds. The summed E-state index contributed by atoms with van der Waals surface area (Å²) in [5.74, 6) is 3.24. The quantitative estimate of drug-likeness (QED) is 0.173. The molecule has 6 aliphatic rings. The van der Waals surface area contributed by atoms with Crippen molar-refractivity contribution in [2.24, 2.45) is 23.7 Å². The number of rotatable bonds is 5. The molecule has 5 aliphatic carbocycles. The Balaban J connectivity index is 1.20. The molecule has 0 saturated heterocycles. The van der Waals surface area contributed by atoms with Crippen molar-refractivity contribution < 1.29 is 0 Å². The van der Waals surface area contributed by atoms with E-state index in [9.17, 15) is 0 Å². The fraction of sp³-hybridized carbons (Fsp3) is 0.333. The van der Waals surface area contributed by atoms with Crippen LogP contribution < -0.4 is 4.90 Å². The van der Waals surface area contributed by atoms with Crippen LogP contribution in [-0.2, 0) is 16.2 Å². The maximum absolute atomic E-state index is 2.66. The monoisotopic (exact) mass is 747 g/mol. The van der Waals surface area contributed by atoms with Crippen molar-refractivity contribution in [2.75, 3.05) is 4.90 Å². The molecule has 0 unspecified atom stereocenters. The second-order valence-corrected chi connectivity index (χ2v) is 20.2. The molecule has 4 bridgehead atoms. The molecule has 0 N–H and O–H groups in total. The second kappa shape index (κ2) is 12.7. The Kier molecular flexibility index (Phi) is 7.89. The molecule has 56 heavy (non-hydrogen) atoms. The Morgan fingerprint density at radius 1 is 0.482 bits per heavy atom. The van der Waals surface area contributed by atoms with Gasteiger partial charge in [0.1, 0.15) is 0 Å². The molecule has 0 aromatic heterocycles. The molecule has 12 rings (SSSR count). The van der Waals surface area contributed by atoms with Crippen molar-refractivity contribution in [3.05, 3.63) is 162 Å². The minimum absolute atomic E-state index is 0.0307. The van der Waals surface area contributed by atoms with Crippen LogP contribution in [0.5, 0.6) is 0 Å². The van der Waals surface area contributed by atoms with Crippen LogP contribution in [0.1, 0.15) is 94.9 Å². The van der Waals surface area contributed by atoms with Gasteiger partial charge in [0.2, 0.25) is 0 Å². The van der Waals surface area contributed by atoms with Crippen LogP contribution in [0, 0.1) is 23.7 Å². The molecular formula is C54H53NS. The van der Waals surface area contributed by atoms with E-state index in [-0.39, 0.29) is 16.2 Å². The zero-order valence-electron chi connectivity index (χ0n) is 33.4. The number of anilines is 3. The Bertz CT molecular complexity index is 2430. The van der Waals surface area contributed by atoms with Crippen molar-refractivity contribution in [3.8, 4) is 22.3 Å². The van der Waals surface area contributed by atoms with Crippen LogP contribution in [0.3, 0.4) is 0 Å². The van der Waals surface area contributed by atoms with Gasteiger partial charge in [-0.3, -0.25) is 0 Å². The Labute approximate surface area is 338 Å². The first-order valence-electron chi connectivity index (χ1n) is 21.3. The molecule has 0 atom stereocenters. The number of hydrogen-bond acceptors (Lipinski definition) is 2. The number of hydrogen-bond donors (Lipinski definition) is 0. The van der Waals surface area contributed by atoms with Crippen molar-refractivity contribution in [3.63, 3.8) is 0 Å². The summed E-state index contributed by atoms with van der Waals surface area (Å²) >= 11 is 2.05. The molecule has 1 aliphatic heterocycles. The second-order valence-electron chi connectivity index (χ2n) is 19.2. The lowest BCUT2D eigenvalue weighted by molar-refractivity contribution is -0.0443. The molecule has 1 heterocycles. The third kappa shape index (κ3) is 5.13. The fourth-order valence-corrected chi connectivity index (χ4v) is 14.1. The van der Waals surface area contributed by atoms with Gasteiger partial charge >= 0.3 is 0 Å². The molecule has 280 valence electrons. The van der Waals surface area contributed by atoms with E-state index in [4.69, 9.17) is 0 Å². The fourth-order valence-electron chi connectivity index (χ4n) is 12.8. The van der Waals surface area contributed by atoms with E-state index >= 15 is 0 Å². The molecule has 1 spiro atoms. The third-order valence-corrected chi connectivity index (χ3v) is 16.4. The van der Waals surface area contributed by atoms with Gasteiger partial charge in [-0.25, -0.2) is 0 Å². The molecule has 4 saturated carbocycles. The maximum Gasteiger partial charge on any atom is 0.0551 e. The van der Waals surface area contributed by atoms with Crippen LogP contribution >= 0.6 is 11.8 Å². The lowest BCUT2D eigenvalue weighted by Crippen LogP contribution is -2.57. The minimum atomic E-state index is 0.0307. The Hall–Kier alpha value is -4.53. The zero-order chi connectivity index (χ0) is 37.8. The highest BCUT2D eigenvalue weighted by Gasteiger charge is 2.61. The van der Waals surface area contributed by atoms with E-state index in [0.717, 1.165) is 11.8 Å². The largest absolute Gasteiger partial charge is 0.310 e. The molecule has 6 aromatic rings. The van der Waals surface area contributed by atoms with Gasteiger partial charge in [-0.2, -0.15) is 0 Å². The molecule has 4 fully saturated rings. The van der Waals surface area contributed by atoms with Gasteiger partial charge in [-0.15, -0.1) is 0 Å². The minimum Gasteiger partial charge on any atom is -0.310 e. The van der Waals surface area contributed by atoms with Gasteiger partial charge in [0.05, 0.1) is 11.4 Å². The van der Waals surface area contributed by atoms with E-state index in [2.05, 4.69) is 172 Å². The summed E-state index contributed by atoms with van der Waals surface area (Å²) in [6.07, 6.45) is 9.36. The van der Waals surface area contributed by atoms with Gasteiger partial charge in [-0.1, -0.05) is 149 Å². The summed E-state index contributed by atoms with van der Waals surface area (Å²) in [6.45, 7) is 9.87. The van der Waals surface area contributed by atoms with Gasteiger partial charge in [0, 0.05) is 26.5 Å². The average Bonchev–Trinajstić information content (AvgIpc) is 3.22. The Morgan fingerprint density at radius 2 is 1.07 bits per heavy atom. The smallest absolute Gasteiger partial charge is 0.0551 e. The lowest BCUT2D eigenvalue weighted by Gasteiger charge is -2.63. The third-order valence-electron chi connectivity index (χ3n) is 15.2. The van der Waals surface area contributed by atoms with Crippen molar-refractivity contribution >= 4 is 28.8 Å². The van der Waals surface area contributed by atoms with E-state index < -0.39 is 0 Å². The van der Waals surface area contributed by atoms with Crippen LogP contribution in [0.2, 0.25) is 0 Å². The van der Waals surface area contributed by atoms with Crippen LogP contribution in [0.25, 0.3) is 22.3 Å². The number of nitrogens with zero attached hydrogens (tertiary/aromatic N) is 1. The van der Waals surface area contributed by atoms with Crippen LogP contribution in [-0.4, -0.2) is 0 Å². The number of fused-ring (bicyclic) bond motifs is 3. The van der Waals surface area contributed by atoms with Gasteiger partial charge in [-0.05, 0) is 149 Å². The summed E-state index contributed by atoms with van der Waals surface area (Å²) in [7, 11) is 0. The van der Waals surface area contributed by atoms with Crippen molar-refractivity contribution in [2.45, 2.75) is 98.7 Å². The highest BCUT2D eigenvalue weighted by molar-refractivity contribution is 7.99. The molecule has 6 aromatic carbocycles. The Morgan fingerprint density at radius 3 is 1.77 bits per heavy atom. The summed E-state index contributed by atoms with van der Waals surface area (Å²) in [4.78, 5) is 5.61. The highest BCUT2D eigenvalue weighted by Crippen LogP contribution is 2.70. The molecular weight excluding hydrogens is 695 g/mol. The summed E-state index contributed by atoms with van der Waals surface area (Å²) in [5.41, 5.74) is 15.4. The maximum atomic E-state index is 2.66. The summed E-state index contributed by atoms with van der Waals surface area (Å²) in [6, 6.07) is 53.5. The standard InChI is InChI=1S/C54H53NS/c1-52(2)28-29-53(3,4)50-44(52)19-13-20-47(50)55(42-24-22-38(23-25-42)37-14-7-5-8-15-37)46-27-26-45-51(49(46)39-16-9-6-10-17-39)56-48-21-12-11-18-43(48)54(45)40-31-35-30-36(33-40)34-41(54)32-35/h5-27,35-36,40-41H,28-34H2,1-4H3. The SMILES string of the molecule is CC1(C)CCC(C)(C)c2c(N(c3ccc(-c4ccccc4)cc3)c3ccc4c(c3-c3ccccc3)Sc3ccccc3C43C4CC5CC(C4)CC3C5)cccc21. The average molecular weight is 748 g/mol. The summed E-state index contributed by atoms with van der Waals surface area (Å²) in [5, 5.41) is 0. The van der Waals surface area contributed by atoms with E-state index in [0.29, 0.717) is 11.8 Å². The molecule has 0 radical (unpaired) electrons. The topological polar surface area (TPSA) is 3.24 Å². The summed E-state index contributed by atoms with van der Waals surface area (Å²) < 4.78 is 0. The molecule has 2 heteroatoms. The van der Waals surface area contributed by atoms with Gasteiger partial charge in [0.25, 0.3) is 0 Å².